The van der Waals surface area contributed by atoms with Gasteiger partial charge in [0.15, 0.2) is 0 Å². The fraction of sp³-hybridized carbons (Fsp3) is 0.500. The smallest absolute Gasteiger partial charge is 0.0741 e. The first kappa shape index (κ1) is 12.7. The van der Waals surface area contributed by atoms with Crippen LogP contribution in [0.2, 0.25) is 0 Å². The molecule has 1 atom stereocenters. The summed E-state index contributed by atoms with van der Waals surface area (Å²) >= 11 is 3.43. The summed E-state index contributed by atoms with van der Waals surface area (Å²) in [5, 5.41) is 13.0. The van der Waals surface area contributed by atoms with Crippen molar-refractivity contribution >= 4 is 15.9 Å². The minimum atomic E-state index is -0.605. The number of benzene rings is 1. The average Bonchev–Trinajstić information content (AvgIpc) is 2.18. The minimum absolute atomic E-state index is 0.605. The predicted molar refractivity (Wildman–Crippen MR) is 66.8 cm³/mol. The highest BCUT2D eigenvalue weighted by atomic mass is 79.9. The quantitative estimate of drug-likeness (QED) is 0.863. The summed E-state index contributed by atoms with van der Waals surface area (Å²) in [6, 6.07) is 8.16. The van der Waals surface area contributed by atoms with Crippen LogP contribution in [0.5, 0.6) is 0 Å². The molecule has 0 heterocycles. The summed E-state index contributed by atoms with van der Waals surface area (Å²) in [7, 11) is 0. The molecule has 1 rings (SSSR count). The molecule has 0 spiro atoms. The van der Waals surface area contributed by atoms with E-state index >= 15 is 0 Å². The number of hydrogen-bond donors (Lipinski definition) is 2. The van der Waals surface area contributed by atoms with Crippen LogP contribution in [-0.2, 0) is 6.54 Å². The summed E-state index contributed by atoms with van der Waals surface area (Å²) < 4.78 is 1.09. The van der Waals surface area contributed by atoms with Crippen LogP contribution in [0.4, 0.5) is 0 Å². The van der Waals surface area contributed by atoms with E-state index in [1.165, 1.54) is 5.56 Å². The second-order valence-corrected chi connectivity index (χ2v) is 5.00. The Balaban J connectivity index is 2.38. The molecule has 0 fully saturated rings. The van der Waals surface area contributed by atoms with Gasteiger partial charge in [-0.15, -0.1) is 0 Å². The molecule has 0 radical (unpaired) electrons. The topological polar surface area (TPSA) is 32.3 Å². The molecule has 0 bridgehead atoms. The molecule has 3 heteroatoms. The second kappa shape index (κ2) is 5.64. The van der Waals surface area contributed by atoms with Crippen molar-refractivity contribution in [3.63, 3.8) is 0 Å². The lowest BCUT2D eigenvalue weighted by molar-refractivity contribution is 0.0555. The first-order valence-electron chi connectivity index (χ1n) is 5.21. The lowest BCUT2D eigenvalue weighted by Gasteiger charge is -2.21. The normalized spacial score (nSPS) is 14.9. The van der Waals surface area contributed by atoms with Gasteiger partial charge in [-0.1, -0.05) is 35.0 Å². The van der Waals surface area contributed by atoms with Crippen molar-refractivity contribution < 1.29 is 5.11 Å². The lowest BCUT2D eigenvalue weighted by Crippen LogP contribution is -2.36. The van der Waals surface area contributed by atoms with Crippen LogP contribution in [0.15, 0.2) is 28.7 Å². The first-order chi connectivity index (χ1) is 7.03. The Kier molecular flexibility index (Phi) is 4.77. The van der Waals surface area contributed by atoms with Gasteiger partial charge in [0.2, 0.25) is 0 Å². The van der Waals surface area contributed by atoms with E-state index in [9.17, 15) is 5.11 Å². The average molecular weight is 272 g/mol. The van der Waals surface area contributed by atoms with Crippen molar-refractivity contribution in [2.24, 2.45) is 0 Å². The third kappa shape index (κ3) is 4.78. The Morgan fingerprint density at radius 3 is 2.80 bits per heavy atom. The molecule has 0 aliphatic rings. The maximum Gasteiger partial charge on any atom is 0.0741 e. The zero-order chi connectivity index (χ0) is 11.3. The van der Waals surface area contributed by atoms with Crippen molar-refractivity contribution in [1.82, 2.24) is 5.32 Å². The molecule has 0 amide bonds. The van der Waals surface area contributed by atoms with Gasteiger partial charge in [0.05, 0.1) is 5.60 Å². The Labute approximate surface area is 99.8 Å². The summed E-state index contributed by atoms with van der Waals surface area (Å²) in [5.74, 6) is 0. The van der Waals surface area contributed by atoms with E-state index in [0.717, 1.165) is 17.4 Å². The number of rotatable bonds is 5. The summed E-state index contributed by atoms with van der Waals surface area (Å²) in [4.78, 5) is 0. The van der Waals surface area contributed by atoms with Gasteiger partial charge < -0.3 is 10.4 Å². The molecule has 84 valence electrons. The summed E-state index contributed by atoms with van der Waals surface area (Å²) in [6.45, 7) is 5.24. The number of nitrogens with one attached hydrogen (secondary N) is 1. The Morgan fingerprint density at radius 2 is 2.20 bits per heavy atom. The van der Waals surface area contributed by atoms with Gasteiger partial charge in [-0.2, -0.15) is 0 Å². The Morgan fingerprint density at radius 1 is 1.47 bits per heavy atom. The van der Waals surface area contributed by atoms with Crippen molar-refractivity contribution in [2.45, 2.75) is 32.4 Å². The highest BCUT2D eigenvalue weighted by Gasteiger charge is 2.15. The van der Waals surface area contributed by atoms with Gasteiger partial charge in [-0.05, 0) is 31.0 Å². The molecule has 0 aliphatic carbocycles. The Bertz CT molecular complexity index is 312. The van der Waals surface area contributed by atoms with E-state index in [4.69, 9.17) is 0 Å². The summed E-state index contributed by atoms with van der Waals surface area (Å²) in [5.41, 5.74) is 0.614. The van der Waals surface area contributed by atoms with E-state index in [-0.39, 0.29) is 0 Å². The van der Waals surface area contributed by atoms with Crippen molar-refractivity contribution in [3.05, 3.63) is 34.3 Å². The van der Waals surface area contributed by atoms with E-state index in [1.54, 1.807) is 0 Å². The van der Waals surface area contributed by atoms with E-state index in [0.29, 0.717) is 6.54 Å². The predicted octanol–water partition coefficient (Wildman–Crippen LogP) is 2.70. The highest BCUT2D eigenvalue weighted by molar-refractivity contribution is 9.10. The highest BCUT2D eigenvalue weighted by Crippen LogP contribution is 2.12. The molecule has 0 aliphatic heterocycles. The number of aliphatic hydroxyl groups is 1. The van der Waals surface area contributed by atoms with Gasteiger partial charge in [0.1, 0.15) is 0 Å². The molecule has 15 heavy (non-hydrogen) atoms. The molecule has 0 saturated heterocycles. The van der Waals surface area contributed by atoms with Crippen LogP contribution in [-0.4, -0.2) is 17.3 Å². The van der Waals surface area contributed by atoms with E-state index in [1.807, 2.05) is 26.0 Å². The fourth-order valence-corrected chi connectivity index (χ4v) is 1.69. The largest absolute Gasteiger partial charge is 0.389 e. The zero-order valence-electron chi connectivity index (χ0n) is 9.26. The maximum atomic E-state index is 9.78. The minimum Gasteiger partial charge on any atom is -0.389 e. The molecular weight excluding hydrogens is 254 g/mol. The van der Waals surface area contributed by atoms with Crippen LogP contribution in [0.25, 0.3) is 0 Å². The van der Waals surface area contributed by atoms with Crippen LogP contribution in [0.3, 0.4) is 0 Å². The van der Waals surface area contributed by atoms with Crippen LogP contribution >= 0.6 is 15.9 Å². The van der Waals surface area contributed by atoms with E-state index < -0.39 is 5.60 Å². The molecular formula is C12H18BrNO. The van der Waals surface area contributed by atoms with Gasteiger partial charge in [-0.25, -0.2) is 0 Å². The lowest BCUT2D eigenvalue weighted by atomic mass is 10.0. The van der Waals surface area contributed by atoms with Crippen LogP contribution in [0.1, 0.15) is 25.8 Å². The van der Waals surface area contributed by atoms with Crippen molar-refractivity contribution in [2.75, 3.05) is 6.54 Å². The third-order valence-corrected chi connectivity index (χ3v) is 2.98. The van der Waals surface area contributed by atoms with Crippen molar-refractivity contribution in [1.29, 1.82) is 0 Å². The molecule has 2 N–H and O–H groups in total. The molecule has 0 aromatic heterocycles. The van der Waals surface area contributed by atoms with E-state index in [2.05, 4.69) is 33.4 Å². The van der Waals surface area contributed by atoms with Gasteiger partial charge >= 0.3 is 0 Å². The zero-order valence-corrected chi connectivity index (χ0v) is 10.8. The third-order valence-electron chi connectivity index (χ3n) is 2.49. The monoisotopic (exact) mass is 271 g/mol. The molecule has 0 saturated carbocycles. The fourth-order valence-electron chi connectivity index (χ4n) is 1.25. The van der Waals surface area contributed by atoms with Crippen LogP contribution in [0, 0.1) is 0 Å². The molecule has 1 aromatic rings. The Hall–Kier alpha value is -0.380. The standard InChI is InChI=1S/C12H18BrNO/c1-3-12(2,15)9-14-8-10-5-4-6-11(13)7-10/h4-7,14-15H,3,8-9H2,1-2H3. The second-order valence-electron chi connectivity index (χ2n) is 4.08. The van der Waals surface area contributed by atoms with Crippen molar-refractivity contribution in [3.8, 4) is 0 Å². The van der Waals surface area contributed by atoms with Gasteiger partial charge in [0, 0.05) is 17.6 Å². The van der Waals surface area contributed by atoms with Gasteiger partial charge in [0.25, 0.3) is 0 Å². The van der Waals surface area contributed by atoms with Crippen LogP contribution < -0.4 is 5.32 Å². The molecule has 1 aromatic carbocycles. The molecule has 2 nitrogen and oxygen atoms in total. The first-order valence-corrected chi connectivity index (χ1v) is 6.00. The number of halogens is 1. The molecule has 1 unspecified atom stereocenters. The summed E-state index contributed by atoms with van der Waals surface area (Å²) in [6.07, 6.45) is 0.762. The van der Waals surface area contributed by atoms with Gasteiger partial charge in [-0.3, -0.25) is 0 Å². The number of hydrogen-bond acceptors (Lipinski definition) is 2. The SMILES string of the molecule is CCC(C)(O)CNCc1cccc(Br)c1. The maximum absolute atomic E-state index is 9.78.